The Hall–Kier alpha value is -0.340. The van der Waals surface area contributed by atoms with Crippen LogP contribution in [0.25, 0.3) is 0 Å². The molecule has 2 nitrogen and oxygen atoms in total. The van der Waals surface area contributed by atoms with Crippen molar-refractivity contribution in [2.24, 2.45) is 0 Å². The van der Waals surface area contributed by atoms with Crippen LogP contribution in [0.2, 0.25) is 0 Å². The van der Waals surface area contributed by atoms with E-state index in [1.807, 2.05) is 13.1 Å². The quantitative estimate of drug-likeness (QED) is 0.447. The Bertz CT molecular complexity index is 93.6. The van der Waals surface area contributed by atoms with Crippen LogP contribution in [0, 0.1) is 0 Å². The maximum atomic E-state index is 5.33. The summed E-state index contributed by atoms with van der Waals surface area (Å²) in [5, 5.41) is 3.13. The minimum Gasteiger partial charge on any atom is -0.381 e. The smallest absolute Gasteiger partial charge is 0.0483 e. The van der Waals surface area contributed by atoms with Crippen LogP contribution in [0.1, 0.15) is 19.8 Å². The topological polar surface area (TPSA) is 21.3 Å². The molecule has 0 aliphatic carbocycles. The standard InChI is InChI=1S/C9H19NO/c1-4-7-11-8-6-9(5-2)10-3/h5,9-10H,2,4,6-8H2,1,3H3. The first kappa shape index (κ1) is 10.7. The van der Waals surface area contributed by atoms with Gasteiger partial charge in [0, 0.05) is 19.3 Å². The van der Waals surface area contributed by atoms with Gasteiger partial charge in [-0.1, -0.05) is 13.0 Å². The van der Waals surface area contributed by atoms with E-state index in [2.05, 4.69) is 18.8 Å². The Balaban J connectivity index is 3.14. The molecule has 0 saturated carbocycles. The van der Waals surface area contributed by atoms with Gasteiger partial charge in [-0.3, -0.25) is 0 Å². The van der Waals surface area contributed by atoms with E-state index < -0.39 is 0 Å². The molecule has 2 heteroatoms. The Morgan fingerprint density at radius 2 is 2.27 bits per heavy atom. The SMILES string of the molecule is C=CC(CCOCCC)NC. The van der Waals surface area contributed by atoms with Crippen molar-refractivity contribution >= 4 is 0 Å². The molecule has 0 amide bonds. The summed E-state index contributed by atoms with van der Waals surface area (Å²) in [5.41, 5.74) is 0. The zero-order chi connectivity index (χ0) is 8.53. The zero-order valence-electron chi connectivity index (χ0n) is 7.60. The lowest BCUT2D eigenvalue weighted by molar-refractivity contribution is 0.128. The second-order valence-electron chi connectivity index (χ2n) is 2.53. The first-order valence-corrected chi connectivity index (χ1v) is 4.22. The van der Waals surface area contributed by atoms with Gasteiger partial charge in [-0.2, -0.15) is 0 Å². The number of hydrogen-bond donors (Lipinski definition) is 1. The lowest BCUT2D eigenvalue weighted by Crippen LogP contribution is -2.24. The summed E-state index contributed by atoms with van der Waals surface area (Å²) in [6.07, 6.45) is 4.02. The van der Waals surface area contributed by atoms with Gasteiger partial charge in [0.1, 0.15) is 0 Å². The average Bonchev–Trinajstić information content (AvgIpc) is 2.05. The molecule has 0 saturated heterocycles. The van der Waals surface area contributed by atoms with Gasteiger partial charge >= 0.3 is 0 Å². The first-order chi connectivity index (χ1) is 5.35. The Morgan fingerprint density at radius 1 is 1.55 bits per heavy atom. The largest absolute Gasteiger partial charge is 0.381 e. The van der Waals surface area contributed by atoms with Crippen molar-refractivity contribution in [3.63, 3.8) is 0 Å². The van der Waals surface area contributed by atoms with Crippen LogP contribution in [-0.2, 0) is 4.74 Å². The molecule has 66 valence electrons. The fourth-order valence-electron chi connectivity index (χ4n) is 0.837. The molecule has 1 N–H and O–H groups in total. The highest BCUT2D eigenvalue weighted by Crippen LogP contribution is 1.93. The van der Waals surface area contributed by atoms with E-state index in [0.717, 1.165) is 26.1 Å². The van der Waals surface area contributed by atoms with E-state index >= 15 is 0 Å². The molecule has 0 spiro atoms. The summed E-state index contributed by atoms with van der Waals surface area (Å²) in [6.45, 7) is 7.52. The van der Waals surface area contributed by atoms with Gasteiger partial charge < -0.3 is 10.1 Å². The molecule has 0 aromatic rings. The van der Waals surface area contributed by atoms with E-state index in [1.54, 1.807) is 0 Å². The van der Waals surface area contributed by atoms with E-state index in [0.29, 0.717) is 6.04 Å². The number of rotatable bonds is 7. The minimum absolute atomic E-state index is 0.395. The highest BCUT2D eigenvalue weighted by Gasteiger charge is 1.98. The van der Waals surface area contributed by atoms with Crippen molar-refractivity contribution in [2.75, 3.05) is 20.3 Å². The third-order valence-corrected chi connectivity index (χ3v) is 1.58. The lowest BCUT2D eigenvalue weighted by Gasteiger charge is -2.10. The molecule has 0 fully saturated rings. The molecule has 0 aromatic carbocycles. The molecule has 0 aliphatic rings. The molecule has 1 atom stereocenters. The zero-order valence-corrected chi connectivity index (χ0v) is 7.60. The van der Waals surface area contributed by atoms with Crippen molar-refractivity contribution < 1.29 is 4.74 Å². The fraction of sp³-hybridized carbons (Fsp3) is 0.778. The van der Waals surface area contributed by atoms with Crippen LogP contribution in [0.5, 0.6) is 0 Å². The van der Waals surface area contributed by atoms with Gasteiger partial charge in [-0.25, -0.2) is 0 Å². The van der Waals surface area contributed by atoms with Crippen LogP contribution >= 0.6 is 0 Å². The predicted molar refractivity (Wildman–Crippen MR) is 48.8 cm³/mol. The van der Waals surface area contributed by atoms with E-state index in [9.17, 15) is 0 Å². The molecular weight excluding hydrogens is 138 g/mol. The number of nitrogens with one attached hydrogen (secondary N) is 1. The summed E-state index contributed by atoms with van der Waals surface area (Å²) in [5.74, 6) is 0. The van der Waals surface area contributed by atoms with E-state index in [1.165, 1.54) is 0 Å². The van der Waals surface area contributed by atoms with Gasteiger partial charge in [0.15, 0.2) is 0 Å². The Kier molecular flexibility index (Phi) is 7.52. The summed E-state index contributed by atoms with van der Waals surface area (Å²) in [6, 6.07) is 0.395. The molecule has 11 heavy (non-hydrogen) atoms. The summed E-state index contributed by atoms with van der Waals surface area (Å²) >= 11 is 0. The second kappa shape index (κ2) is 7.76. The van der Waals surface area contributed by atoms with Gasteiger partial charge in [-0.15, -0.1) is 6.58 Å². The molecule has 0 bridgehead atoms. The molecular formula is C9H19NO. The van der Waals surface area contributed by atoms with Crippen molar-refractivity contribution in [1.82, 2.24) is 5.32 Å². The first-order valence-electron chi connectivity index (χ1n) is 4.22. The summed E-state index contributed by atoms with van der Waals surface area (Å²) in [7, 11) is 1.94. The number of hydrogen-bond acceptors (Lipinski definition) is 2. The van der Waals surface area contributed by atoms with E-state index in [-0.39, 0.29) is 0 Å². The summed E-state index contributed by atoms with van der Waals surface area (Å²) in [4.78, 5) is 0. The van der Waals surface area contributed by atoms with Crippen LogP contribution in [0.3, 0.4) is 0 Å². The van der Waals surface area contributed by atoms with Crippen LogP contribution in [0.15, 0.2) is 12.7 Å². The molecule has 0 rings (SSSR count). The van der Waals surface area contributed by atoms with Crippen molar-refractivity contribution in [1.29, 1.82) is 0 Å². The van der Waals surface area contributed by atoms with E-state index in [4.69, 9.17) is 4.74 Å². The Labute approximate surface area is 69.6 Å². The predicted octanol–water partition coefficient (Wildman–Crippen LogP) is 1.58. The normalized spacial score (nSPS) is 12.9. The molecule has 0 heterocycles. The maximum absolute atomic E-state index is 5.33. The molecule has 0 radical (unpaired) electrons. The van der Waals surface area contributed by atoms with Crippen molar-refractivity contribution in [3.05, 3.63) is 12.7 Å². The van der Waals surface area contributed by atoms with Gasteiger partial charge in [0.25, 0.3) is 0 Å². The molecule has 0 aromatic heterocycles. The number of ether oxygens (including phenoxy) is 1. The molecule has 0 aliphatic heterocycles. The minimum atomic E-state index is 0.395. The highest BCUT2D eigenvalue weighted by molar-refractivity contribution is 4.83. The van der Waals surface area contributed by atoms with Crippen LogP contribution in [-0.4, -0.2) is 26.3 Å². The van der Waals surface area contributed by atoms with Gasteiger partial charge in [0.05, 0.1) is 0 Å². The third kappa shape index (κ3) is 6.07. The van der Waals surface area contributed by atoms with Crippen molar-refractivity contribution in [2.45, 2.75) is 25.8 Å². The second-order valence-corrected chi connectivity index (χ2v) is 2.53. The van der Waals surface area contributed by atoms with Gasteiger partial charge in [-0.05, 0) is 19.9 Å². The Morgan fingerprint density at radius 3 is 2.73 bits per heavy atom. The maximum Gasteiger partial charge on any atom is 0.0483 e. The highest BCUT2D eigenvalue weighted by atomic mass is 16.5. The van der Waals surface area contributed by atoms with Crippen LogP contribution < -0.4 is 5.32 Å². The fourth-order valence-corrected chi connectivity index (χ4v) is 0.837. The van der Waals surface area contributed by atoms with Crippen molar-refractivity contribution in [3.8, 4) is 0 Å². The monoisotopic (exact) mass is 157 g/mol. The van der Waals surface area contributed by atoms with Gasteiger partial charge in [0.2, 0.25) is 0 Å². The third-order valence-electron chi connectivity index (χ3n) is 1.58. The lowest BCUT2D eigenvalue weighted by atomic mass is 10.2. The number of likely N-dealkylation sites (N-methyl/N-ethyl adjacent to an activating group) is 1. The molecule has 1 unspecified atom stereocenters. The average molecular weight is 157 g/mol. The summed E-state index contributed by atoms with van der Waals surface area (Å²) < 4.78 is 5.33. The van der Waals surface area contributed by atoms with Crippen LogP contribution in [0.4, 0.5) is 0 Å².